The van der Waals surface area contributed by atoms with Gasteiger partial charge in [0.25, 0.3) is 5.91 Å². The first kappa shape index (κ1) is 20.9. The molecule has 0 aliphatic heterocycles. The number of H-pyrrole nitrogens is 1. The van der Waals surface area contributed by atoms with Crippen molar-refractivity contribution in [2.75, 3.05) is 11.9 Å². The van der Waals surface area contributed by atoms with Crippen LogP contribution in [0.5, 0.6) is 5.75 Å². The third-order valence-electron chi connectivity index (χ3n) is 5.62. The fraction of sp³-hybridized carbons (Fsp3) is 0.280. The van der Waals surface area contributed by atoms with Crippen molar-refractivity contribution in [3.8, 4) is 17.1 Å². The number of rotatable bonds is 8. The van der Waals surface area contributed by atoms with Crippen LogP contribution in [0.15, 0.2) is 48.8 Å². The Morgan fingerprint density at radius 3 is 2.88 bits per heavy atom. The molecule has 1 amide bonds. The minimum atomic E-state index is -0.0892. The summed E-state index contributed by atoms with van der Waals surface area (Å²) in [6.45, 7) is 4.05. The largest absolute Gasteiger partial charge is 0.484 e. The van der Waals surface area contributed by atoms with Gasteiger partial charge in [-0.15, -0.1) is 0 Å². The molecule has 168 valence electrons. The zero-order valence-electron chi connectivity index (χ0n) is 18.7. The molecule has 0 atom stereocenters. The van der Waals surface area contributed by atoms with Crippen LogP contribution in [-0.2, 0) is 11.2 Å². The highest BCUT2D eigenvalue weighted by atomic mass is 16.5. The first-order valence-electron chi connectivity index (χ1n) is 11.2. The number of aromatic nitrogens is 4. The Kier molecular flexibility index (Phi) is 5.64. The summed E-state index contributed by atoms with van der Waals surface area (Å²) in [5, 5.41) is 14.4. The van der Waals surface area contributed by atoms with E-state index in [1.807, 2.05) is 43.5 Å². The molecule has 5 rings (SSSR count). The quantitative estimate of drug-likeness (QED) is 0.376. The maximum atomic E-state index is 12.0. The van der Waals surface area contributed by atoms with Crippen molar-refractivity contribution in [3.63, 3.8) is 0 Å². The van der Waals surface area contributed by atoms with Gasteiger partial charge in [0.05, 0.1) is 11.7 Å². The van der Waals surface area contributed by atoms with E-state index < -0.39 is 0 Å². The van der Waals surface area contributed by atoms with E-state index in [4.69, 9.17) is 9.72 Å². The van der Waals surface area contributed by atoms with Crippen LogP contribution in [0.2, 0.25) is 0 Å². The van der Waals surface area contributed by atoms with Crippen LogP contribution in [-0.4, -0.2) is 38.7 Å². The summed E-state index contributed by atoms with van der Waals surface area (Å²) in [5.74, 6) is 1.87. The maximum absolute atomic E-state index is 12.0. The summed E-state index contributed by atoms with van der Waals surface area (Å²) in [4.78, 5) is 21.4. The number of hydrogen-bond acceptors (Lipinski definition) is 6. The van der Waals surface area contributed by atoms with Crippen LogP contribution in [0, 0.1) is 6.92 Å². The van der Waals surface area contributed by atoms with Crippen LogP contribution in [0.25, 0.3) is 22.3 Å². The van der Waals surface area contributed by atoms with Gasteiger partial charge in [0.2, 0.25) is 0 Å². The van der Waals surface area contributed by atoms with Crippen molar-refractivity contribution in [2.24, 2.45) is 0 Å². The first-order valence-corrected chi connectivity index (χ1v) is 11.2. The maximum Gasteiger partial charge on any atom is 0.258 e. The smallest absolute Gasteiger partial charge is 0.258 e. The predicted molar refractivity (Wildman–Crippen MR) is 128 cm³/mol. The van der Waals surface area contributed by atoms with Crippen LogP contribution in [0.1, 0.15) is 30.9 Å². The van der Waals surface area contributed by atoms with E-state index in [2.05, 4.69) is 38.8 Å². The molecule has 1 saturated carbocycles. The zero-order valence-corrected chi connectivity index (χ0v) is 18.7. The Morgan fingerprint density at radius 1 is 1.18 bits per heavy atom. The molecule has 8 heteroatoms. The third kappa shape index (κ3) is 4.95. The van der Waals surface area contributed by atoms with E-state index in [0.717, 1.165) is 58.4 Å². The van der Waals surface area contributed by atoms with Gasteiger partial charge >= 0.3 is 0 Å². The highest BCUT2D eigenvalue weighted by molar-refractivity contribution is 5.83. The van der Waals surface area contributed by atoms with Gasteiger partial charge < -0.3 is 15.4 Å². The molecule has 0 radical (unpaired) electrons. The number of aryl methyl sites for hydroxylation is 2. The molecule has 3 N–H and O–H groups in total. The van der Waals surface area contributed by atoms with E-state index in [-0.39, 0.29) is 12.5 Å². The molecule has 2 heterocycles. The van der Waals surface area contributed by atoms with Crippen molar-refractivity contribution in [1.29, 1.82) is 0 Å². The summed E-state index contributed by atoms with van der Waals surface area (Å²) < 4.78 is 5.79. The number of carbonyl (C=O) groups is 1. The van der Waals surface area contributed by atoms with Crippen molar-refractivity contribution >= 4 is 28.3 Å². The number of aromatic amines is 1. The lowest BCUT2D eigenvalue weighted by Gasteiger charge is -2.13. The Labute approximate surface area is 191 Å². The average molecular weight is 443 g/mol. The van der Waals surface area contributed by atoms with Crippen LogP contribution in [0.4, 0.5) is 11.5 Å². The van der Waals surface area contributed by atoms with Gasteiger partial charge in [0, 0.05) is 34.4 Å². The molecule has 2 aromatic heterocycles. The SMILES string of the molecule is CCc1cc(OCC(=O)NC2CC2)cc(-c2ncc(C)c(Nc3ccc4[nH]ncc4c3)n2)c1. The Morgan fingerprint density at radius 2 is 2.06 bits per heavy atom. The first-order chi connectivity index (χ1) is 16.1. The molecule has 1 aliphatic rings. The van der Waals surface area contributed by atoms with E-state index >= 15 is 0 Å². The summed E-state index contributed by atoms with van der Waals surface area (Å²) in [6, 6.07) is 12.2. The number of hydrogen-bond donors (Lipinski definition) is 3. The number of amides is 1. The van der Waals surface area contributed by atoms with Crippen LogP contribution in [0.3, 0.4) is 0 Å². The molecule has 33 heavy (non-hydrogen) atoms. The van der Waals surface area contributed by atoms with Gasteiger partial charge in [0.1, 0.15) is 11.6 Å². The summed E-state index contributed by atoms with van der Waals surface area (Å²) in [7, 11) is 0. The molecule has 8 nitrogen and oxygen atoms in total. The number of benzene rings is 2. The Hall–Kier alpha value is -3.94. The van der Waals surface area contributed by atoms with Gasteiger partial charge in [-0.2, -0.15) is 5.10 Å². The molecule has 0 saturated heterocycles. The topological polar surface area (TPSA) is 105 Å². The molecule has 0 bridgehead atoms. The lowest BCUT2D eigenvalue weighted by molar-refractivity contribution is -0.123. The number of anilines is 2. The van der Waals surface area contributed by atoms with Crippen molar-refractivity contribution in [1.82, 2.24) is 25.5 Å². The Balaban J connectivity index is 1.38. The number of nitrogens with zero attached hydrogens (tertiary/aromatic N) is 3. The fourth-order valence-corrected chi connectivity index (χ4v) is 3.59. The number of fused-ring (bicyclic) bond motifs is 1. The summed E-state index contributed by atoms with van der Waals surface area (Å²) >= 11 is 0. The highest BCUT2D eigenvalue weighted by Gasteiger charge is 2.23. The second kappa shape index (κ2) is 8.90. The van der Waals surface area contributed by atoms with Gasteiger partial charge in [0.15, 0.2) is 12.4 Å². The van der Waals surface area contributed by atoms with Gasteiger partial charge in [-0.3, -0.25) is 9.89 Å². The molecule has 4 aromatic rings. The molecule has 0 spiro atoms. The minimum absolute atomic E-state index is 0.00115. The molecule has 2 aromatic carbocycles. The normalized spacial score (nSPS) is 13.2. The minimum Gasteiger partial charge on any atom is -0.484 e. The van der Waals surface area contributed by atoms with Gasteiger partial charge in [-0.25, -0.2) is 9.97 Å². The van der Waals surface area contributed by atoms with E-state index in [1.54, 1.807) is 6.20 Å². The van der Waals surface area contributed by atoms with E-state index in [0.29, 0.717) is 17.6 Å². The monoisotopic (exact) mass is 442 g/mol. The van der Waals surface area contributed by atoms with E-state index in [9.17, 15) is 4.79 Å². The molecule has 1 aliphatic carbocycles. The lowest BCUT2D eigenvalue weighted by Crippen LogP contribution is -2.30. The molecule has 0 unspecified atom stereocenters. The third-order valence-corrected chi connectivity index (χ3v) is 5.62. The molecular weight excluding hydrogens is 416 g/mol. The van der Waals surface area contributed by atoms with Crippen molar-refractivity contribution in [3.05, 3.63) is 59.9 Å². The van der Waals surface area contributed by atoms with Crippen molar-refractivity contribution in [2.45, 2.75) is 39.2 Å². The van der Waals surface area contributed by atoms with Crippen molar-refractivity contribution < 1.29 is 9.53 Å². The summed E-state index contributed by atoms with van der Waals surface area (Å²) in [6.07, 6.45) is 6.54. The number of ether oxygens (including phenoxy) is 1. The second-order valence-electron chi connectivity index (χ2n) is 8.37. The highest BCUT2D eigenvalue weighted by Crippen LogP contribution is 2.28. The Bertz CT molecular complexity index is 1310. The predicted octanol–water partition coefficient (Wildman–Crippen LogP) is 4.29. The van der Waals surface area contributed by atoms with Gasteiger partial charge in [-0.05, 0) is 68.1 Å². The second-order valence-corrected chi connectivity index (χ2v) is 8.37. The van der Waals surface area contributed by atoms with Gasteiger partial charge in [-0.1, -0.05) is 6.92 Å². The van der Waals surface area contributed by atoms with Crippen LogP contribution >= 0.6 is 0 Å². The van der Waals surface area contributed by atoms with Crippen LogP contribution < -0.4 is 15.4 Å². The summed E-state index contributed by atoms with van der Waals surface area (Å²) in [5.41, 5.74) is 4.78. The molecular formula is C25H26N6O2. The fourth-order valence-electron chi connectivity index (χ4n) is 3.59. The number of carbonyl (C=O) groups excluding carboxylic acids is 1. The standard InChI is InChI=1S/C25H26N6O2/c1-3-16-8-17(11-21(9-16)33-14-23(32)28-19-4-5-19)25-26-12-15(2)24(30-25)29-20-6-7-22-18(10-20)13-27-31-22/h6-13,19H,3-5,14H2,1-2H3,(H,27,31)(H,28,32)(H,26,29,30). The number of nitrogens with one attached hydrogen (secondary N) is 3. The lowest BCUT2D eigenvalue weighted by atomic mass is 10.1. The molecule has 1 fully saturated rings. The zero-order chi connectivity index (χ0) is 22.8. The van der Waals surface area contributed by atoms with E-state index in [1.165, 1.54) is 0 Å². The average Bonchev–Trinajstić information content (AvgIpc) is 3.51.